The molecule has 5 rings (SSSR count). The van der Waals surface area contributed by atoms with Crippen LogP contribution in [0, 0.1) is 0 Å². The molecule has 6 nitrogen and oxygen atoms in total. The summed E-state index contributed by atoms with van der Waals surface area (Å²) in [5.74, 6) is -1.78. The van der Waals surface area contributed by atoms with Crippen LogP contribution < -0.4 is 10.6 Å². The van der Waals surface area contributed by atoms with Crippen LogP contribution in [0.3, 0.4) is 0 Å². The molecule has 41 heavy (non-hydrogen) atoms. The third-order valence-corrected chi connectivity index (χ3v) is 7.07. The van der Waals surface area contributed by atoms with Crippen LogP contribution in [-0.4, -0.2) is 51.9 Å². The van der Waals surface area contributed by atoms with E-state index in [-0.39, 0.29) is 19.4 Å². The SMILES string of the molecule is C=C(NCC1=Nc2cc(CN3CC(C(F)F)NC3=C)ccc2C1)c1ccnn1CC.CCC.FC1(F)CCCCC1. The lowest BCUT2D eigenvalue weighted by Crippen LogP contribution is -2.30. The highest BCUT2D eigenvalue weighted by atomic mass is 19.3. The minimum absolute atomic E-state index is 0.118. The van der Waals surface area contributed by atoms with E-state index in [2.05, 4.69) is 48.8 Å². The van der Waals surface area contributed by atoms with Gasteiger partial charge in [0.2, 0.25) is 5.92 Å². The molecule has 2 fully saturated rings. The Morgan fingerprint density at radius 2 is 1.85 bits per heavy atom. The van der Waals surface area contributed by atoms with E-state index in [9.17, 15) is 17.6 Å². The van der Waals surface area contributed by atoms with Crippen molar-refractivity contribution in [3.05, 3.63) is 66.3 Å². The van der Waals surface area contributed by atoms with Crippen LogP contribution in [0.5, 0.6) is 0 Å². The Kier molecular flexibility index (Phi) is 11.8. The van der Waals surface area contributed by atoms with Crippen molar-refractivity contribution in [2.75, 3.05) is 13.1 Å². The monoisotopic (exact) mass is 576 g/mol. The van der Waals surface area contributed by atoms with Gasteiger partial charge in [-0.25, -0.2) is 17.6 Å². The molecule has 1 saturated heterocycles. The van der Waals surface area contributed by atoms with Gasteiger partial charge in [0.05, 0.1) is 29.4 Å². The maximum absolute atomic E-state index is 12.9. The Hall–Kier alpha value is -3.30. The normalized spacial score (nSPS) is 18.9. The zero-order valence-corrected chi connectivity index (χ0v) is 24.5. The van der Waals surface area contributed by atoms with Gasteiger partial charge in [0, 0.05) is 50.8 Å². The Morgan fingerprint density at radius 1 is 1.15 bits per heavy atom. The van der Waals surface area contributed by atoms with Crippen LogP contribution >= 0.6 is 0 Å². The first-order valence-corrected chi connectivity index (χ1v) is 14.6. The minimum Gasteiger partial charge on any atom is -0.378 e. The van der Waals surface area contributed by atoms with Gasteiger partial charge in [0.1, 0.15) is 6.04 Å². The predicted molar refractivity (Wildman–Crippen MR) is 159 cm³/mol. The number of rotatable bonds is 8. The Morgan fingerprint density at radius 3 is 2.44 bits per heavy atom. The van der Waals surface area contributed by atoms with Crippen molar-refractivity contribution in [3.8, 4) is 0 Å². The number of nitrogens with zero attached hydrogens (tertiary/aromatic N) is 4. The molecule has 226 valence electrons. The summed E-state index contributed by atoms with van der Waals surface area (Å²) >= 11 is 0. The second-order valence-electron chi connectivity index (χ2n) is 10.7. The lowest BCUT2D eigenvalue weighted by atomic mass is 9.97. The molecule has 0 amide bonds. The van der Waals surface area contributed by atoms with Crippen LogP contribution in [0.15, 0.2) is 54.4 Å². The van der Waals surface area contributed by atoms with Crippen molar-refractivity contribution in [1.29, 1.82) is 0 Å². The summed E-state index contributed by atoms with van der Waals surface area (Å²) < 4.78 is 52.2. The molecule has 3 heterocycles. The molecule has 1 saturated carbocycles. The minimum atomic E-state index is -2.41. The molecule has 2 aromatic rings. The first kappa shape index (κ1) is 32.2. The van der Waals surface area contributed by atoms with Gasteiger partial charge in [-0.05, 0) is 43.0 Å². The number of aliphatic imine (C=N–C) groups is 1. The fraction of sp³-hybridized carbons (Fsp3) is 0.548. The van der Waals surface area contributed by atoms with Crippen LogP contribution in [-0.2, 0) is 19.5 Å². The van der Waals surface area contributed by atoms with E-state index < -0.39 is 18.4 Å². The maximum Gasteiger partial charge on any atom is 0.260 e. The molecule has 0 spiro atoms. The number of fused-ring (bicyclic) bond motifs is 1. The van der Waals surface area contributed by atoms with E-state index in [1.165, 1.54) is 12.0 Å². The molecule has 1 atom stereocenters. The molecule has 0 radical (unpaired) electrons. The number of alkyl halides is 4. The van der Waals surface area contributed by atoms with Gasteiger partial charge in [0.25, 0.3) is 6.43 Å². The summed E-state index contributed by atoms with van der Waals surface area (Å²) in [6.07, 6.45) is 4.06. The van der Waals surface area contributed by atoms with Gasteiger partial charge >= 0.3 is 0 Å². The van der Waals surface area contributed by atoms with Crippen LogP contribution in [0.25, 0.3) is 5.70 Å². The van der Waals surface area contributed by atoms with E-state index >= 15 is 0 Å². The van der Waals surface area contributed by atoms with E-state index in [1.807, 2.05) is 34.7 Å². The zero-order valence-electron chi connectivity index (χ0n) is 24.5. The summed E-state index contributed by atoms with van der Waals surface area (Å²) in [4.78, 5) is 6.61. The van der Waals surface area contributed by atoms with Crippen molar-refractivity contribution in [2.24, 2.45) is 4.99 Å². The quantitative estimate of drug-likeness (QED) is 0.324. The summed E-state index contributed by atoms with van der Waals surface area (Å²) in [7, 11) is 0. The number of hydrogen-bond acceptors (Lipinski definition) is 5. The van der Waals surface area contributed by atoms with Crippen molar-refractivity contribution < 1.29 is 17.6 Å². The highest BCUT2D eigenvalue weighted by Gasteiger charge is 2.31. The third-order valence-electron chi connectivity index (χ3n) is 7.07. The lowest BCUT2D eigenvalue weighted by molar-refractivity contribution is -0.0337. The van der Waals surface area contributed by atoms with E-state index in [0.717, 1.165) is 47.7 Å². The first-order valence-electron chi connectivity index (χ1n) is 14.6. The molecule has 1 aromatic carbocycles. The second-order valence-corrected chi connectivity index (χ2v) is 10.7. The van der Waals surface area contributed by atoms with Gasteiger partial charge in [0.15, 0.2) is 0 Å². The molecule has 2 N–H and O–H groups in total. The predicted octanol–water partition coefficient (Wildman–Crippen LogP) is 7.30. The number of hydrogen-bond donors (Lipinski definition) is 2. The van der Waals surface area contributed by atoms with E-state index in [1.54, 1.807) is 6.20 Å². The average Bonchev–Trinajstić information content (AvgIpc) is 3.66. The van der Waals surface area contributed by atoms with Gasteiger partial charge in [-0.1, -0.05) is 52.0 Å². The third kappa shape index (κ3) is 9.36. The van der Waals surface area contributed by atoms with Crippen LogP contribution in [0.2, 0.25) is 0 Å². The molecule has 3 aliphatic rings. The number of aromatic nitrogens is 2. The van der Waals surface area contributed by atoms with E-state index in [0.29, 0.717) is 31.8 Å². The molecule has 10 heteroatoms. The maximum atomic E-state index is 12.9. The first-order chi connectivity index (χ1) is 19.6. The Labute approximate surface area is 241 Å². The smallest absolute Gasteiger partial charge is 0.260 e. The van der Waals surface area contributed by atoms with Gasteiger partial charge in [-0.2, -0.15) is 5.10 Å². The number of nitrogens with one attached hydrogen (secondary N) is 2. The molecule has 1 aliphatic carbocycles. The highest BCUT2D eigenvalue weighted by molar-refractivity contribution is 5.96. The fourth-order valence-electron chi connectivity index (χ4n) is 4.92. The summed E-state index contributed by atoms with van der Waals surface area (Å²) in [6.45, 7) is 16.4. The average molecular weight is 577 g/mol. The van der Waals surface area contributed by atoms with E-state index in [4.69, 9.17) is 4.99 Å². The number of benzene rings is 1. The molecule has 0 bridgehead atoms. The van der Waals surface area contributed by atoms with Gasteiger partial charge in [-0.3, -0.25) is 9.67 Å². The van der Waals surface area contributed by atoms with Crippen molar-refractivity contribution in [1.82, 2.24) is 25.3 Å². The zero-order chi connectivity index (χ0) is 30.0. The van der Waals surface area contributed by atoms with Crippen LogP contribution in [0.1, 0.15) is 76.1 Å². The topological polar surface area (TPSA) is 57.5 Å². The van der Waals surface area contributed by atoms with Crippen molar-refractivity contribution in [2.45, 2.75) is 97.2 Å². The summed E-state index contributed by atoms with van der Waals surface area (Å²) in [5.41, 5.74) is 5.97. The molecule has 1 unspecified atom stereocenters. The van der Waals surface area contributed by atoms with Gasteiger partial charge < -0.3 is 15.5 Å². The summed E-state index contributed by atoms with van der Waals surface area (Å²) in [6, 6.07) is 7.22. The lowest BCUT2D eigenvalue weighted by Gasteiger charge is -2.20. The number of aryl methyl sites for hydroxylation is 1. The largest absolute Gasteiger partial charge is 0.378 e. The van der Waals surface area contributed by atoms with Crippen LogP contribution in [0.4, 0.5) is 23.2 Å². The Balaban J connectivity index is 0.000000354. The molecule has 1 aromatic heterocycles. The highest BCUT2D eigenvalue weighted by Crippen LogP contribution is 2.32. The fourth-order valence-corrected chi connectivity index (χ4v) is 4.92. The van der Waals surface area contributed by atoms with Crippen molar-refractivity contribution >= 4 is 17.1 Å². The molecular weight excluding hydrogens is 532 g/mol. The standard InChI is InChI=1S/C22H26F2N6.C6H10F2.C3H8/c1-4-30-21(7-8-26-30)14(2)25-11-18-10-17-6-5-16(9-19(17)28-18)12-29-13-20(22(23)24)27-15(29)3;7-6(8)4-2-1-3-5-6;1-3-2/h5-9,20,22,25,27H,2-4,10-13H2,1H3;1-5H2;3H2,1-2H3. The Bertz CT molecular complexity index is 1180. The molecule has 2 aliphatic heterocycles. The van der Waals surface area contributed by atoms with Gasteiger partial charge in [-0.15, -0.1) is 0 Å². The number of halogens is 4. The second kappa shape index (κ2) is 15.1. The van der Waals surface area contributed by atoms with Crippen molar-refractivity contribution in [3.63, 3.8) is 0 Å². The molecular formula is C31H44F4N6. The summed E-state index contributed by atoms with van der Waals surface area (Å²) in [5, 5.41) is 10.4.